The molecule has 12 N–H and O–H groups in total. The SMILES string of the molecule is CC(=O)N[C@@H](CCCCN)C(=O)N[C@@H](CCC(N)=O)C(=O)N[C@@H](Cc1c[nH]c2ccccc12)C(=O)N[C@@H](CCCCN)C(=O)O. The van der Waals surface area contributed by atoms with Gasteiger partial charge in [-0.2, -0.15) is 0 Å². The summed E-state index contributed by atoms with van der Waals surface area (Å²) in [6.07, 6.45) is 3.84. The number of carboxylic acid groups (broad SMARTS) is 1. The van der Waals surface area contributed by atoms with Crippen molar-refractivity contribution >= 4 is 46.4 Å². The van der Waals surface area contributed by atoms with Gasteiger partial charge in [0.1, 0.15) is 24.2 Å². The lowest BCUT2D eigenvalue weighted by Crippen LogP contribution is -2.58. The van der Waals surface area contributed by atoms with Crippen LogP contribution in [0.5, 0.6) is 0 Å². The summed E-state index contributed by atoms with van der Waals surface area (Å²) < 4.78 is 0. The van der Waals surface area contributed by atoms with Gasteiger partial charge in [0.05, 0.1) is 0 Å². The summed E-state index contributed by atoms with van der Waals surface area (Å²) in [5.41, 5.74) is 17.9. The predicted molar refractivity (Wildman–Crippen MR) is 167 cm³/mol. The van der Waals surface area contributed by atoms with E-state index in [1.807, 2.05) is 24.3 Å². The second-order valence-electron chi connectivity index (χ2n) is 10.9. The van der Waals surface area contributed by atoms with E-state index in [2.05, 4.69) is 26.3 Å². The fourth-order valence-corrected chi connectivity index (χ4v) is 4.86. The van der Waals surface area contributed by atoms with E-state index in [9.17, 15) is 33.9 Å². The number of nitrogens with two attached hydrogens (primary N) is 3. The normalized spacial score (nSPS) is 13.7. The standard InChI is InChI=1S/C30H46N8O7/c1-18(39)35-22(10-4-6-14-31)27(41)36-23(12-13-26(33)40)28(42)38-25(16-19-17-34-21-9-3-2-8-20(19)21)29(43)37-24(30(44)45)11-5-7-15-32/h2-3,8-9,17,22-25,34H,4-7,10-16,31-32H2,1H3,(H2,33,40)(H,35,39)(H,36,41)(H,37,43)(H,38,42)(H,44,45)/t22-,23-,24-,25-/m0/s1. The predicted octanol–water partition coefficient (Wildman–Crippen LogP) is -0.722. The van der Waals surface area contributed by atoms with Crippen LogP contribution in [0.15, 0.2) is 30.5 Å². The number of amides is 5. The van der Waals surface area contributed by atoms with E-state index in [-0.39, 0.29) is 32.1 Å². The maximum Gasteiger partial charge on any atom is 0.326 e. The topological polar surface area (TPSA) is 265 Å². The number of carbonyl (C=O) groups is 6. The summed E-state index contributed by atoms with van der Waals surface area (Å²) in [4.78, 5) is 78.7. The zero-order valence-electron chi connectivity index (χ0n) is 25.6. The van der Waals surface area contributed by atoms with Crippen LogP contribution in [-0.4, -0.2) is 82.9 Å². The molecule has 0 fully saturated rings. The average Bonchev–Trinajstić information content (AvgIpc) is 3.40. The van der Waals surface area contributed by atoms with Crippen molar-refractivity contribution in [2.75, 3.05) is 13.1 Å². The molecule has 0 radical (unpaired) electrons. The molecule has 15 heteroatoms. The van der Waals surface area contributed by atoms with Crippen LogP contribution < -0.4 is 38.5 Å². The first-order valence-corrected chi connectivity index (χ1v) is 15.1. The number of primary amides is 1. The lowest BCUT2D eigenvalue weighted by atomic mass is 10.0. The average molecular weight is 631 g/mol. The Bertz CT molecular complexity index is 1310. The molecule has 0 aliphatic rings. The van der Waals surface area contributed by atoms with Crippen molar-refractivity contribution in [3.05, 3.63) is 36.0 Å². The minimum Gasteiger partial charge on any atom is -0.480 e. The van der Waals surface area contributed by atoms with Crippen molar-refractivity contribution in [1.29, 1.82) is 0 Å². The van der Waals surface area contributed by atoms with Gasteiger partial charge in [-0.15, -0.1) is 0 Å². The molecule has 0 aliphatic heterocycles. The highest BCUT2D eigenvalue weighted by Crippen LogP contribution is 2.19. The number of para-hydroxylation sites is 1. The molecule has 1 heterocycles. The number of carboxylic acids is 1. The number of H-pyrrole nitrogens is 1. The number of hydrogen-bond acceptors (Lipinski definition) is 8. The third-order valence-corrected chi connectivity index (χ3v) is 7.25. The van der Waals surface area contributed by atoms with Gasteiger partial charge in [0.25, 0.3) is 0 Å². The molecular formula is C30H46N8O7. The molecule has 1 aromatic carbocycles. The maximum absolute atomic E-state index is 13.6. The van der Waals surface area contributed by atoms with E-state index in [0.717, 1.165) is 10.9 Å². The molecule has 45 heavy (non-hydrogen) atoms. The molecule has 1 aromatic heterocycles. The van der Waals surface area contributed by atoms with Crippen molar-refractivity contribution in [1.82, 2.24) is 26.3 Å². The fraction of sp³-hybridized carbons (Fsp3) is 0.533. The van der Waals surface area contributed by atoms with Crippen LogP contribution in [-0.2, 0) is 35.2 Å². The number of rotatable bonds is 21. The van der Waals surface area contributed by atoms with Crippen molar-refractivity contribution in [3.8, 4) is 0 Å². The molecule has 0 bridgehead atoms. The largest absolute Gasteiger partial charge is 0.480 e. The number of unbranched alkanes of at least 4 members (excludes halogenated alkanes) is 2. The quantitative estimate of drug-likeness (QED) is 0.0787. The van der Waals surface area contributed by atoms with Gasteiger partial charge in [-0.05, 0) is 69.7 Å². The second kappa shape index (κ2) is 19.0. The number of carbonyl (C=O) groups excluding carboxylic acids is 5. The maximum atomic E-state index is 13.6. The Labute approximate surface area is 261 Å². The first-order chi connectivity index (χ1) is 21.5. The summed E-state index contributed by atoms with van der Waals surface area (Å²) in [7, 11) is 0. The molecule has 4 atom stereocenters. The summed E-state index contributed by atoms with van der Waals surface area (Å²) in [6.45, 7) is 2.02. The molecule has 15 nitrogen and oxygen atoms in total. The minimum absolute atomic E-state index is 0.0131. The van der Waals surface area contributed by atoms with Gasteiger partial charge in [-0.3, -0.25) is 24.0 Å². The highest BCUT2D eigenvalue weighted by Gasteiger charge is 2.31. The van der Waals surface area contributed by atoms with Crippen LogP contribution in [0.2, 0.25) is 0 Å². The summed E-state index contributed by atoms with van der Waals surface area (Å²) in [5.74, 6) is -4.58. The summed E-state index contributed by atoms with van der Waals surface area (Å²) in [5, 5.41) is 20.8. The van der Waals surface area contributed by atoms with Crippen LogP contribution in [0, 0.1) is 0 Å². The van der Waals surface area contributed by atoms with Crippen LogP contribution in [0.3, 0.4) is 0 Å². The Kier molecular flexibility index (Phi) is 15.5. The molecule has 2 rings (SSSR count). The third kappa shape index (κ3) is 12.6. The zero-order chi connectivity index (χ0) is 33.4. The van der Waals surface area contributed by atoms with Crippen LogP contribution in [0.25, 0.3) is 10.9 Å². The lowest BCUT2D eigenvalue weighted by Gasteiger charge is -2.26. The number of aromatic nitrogens is 1. The number of aliphatic carboxylic acids is 1. The monoisotopic (exact) mass is 630 g/mol. The van der Waals surface area contributed by atoms with Crippen molar-refractivity contribution < 1.29 is 33.9 Å². The number of aromatic amines is 1. The van der Waals surface area contributed by atoms with Crippen molar-refractivity contribution in [2.45, 2.75) is 88.9 Å². The van der Waals surface area contributed by atoms with Gasteiger partial charge in [0.15, 0.2) is 0 Å². The second-order valence-corrected chi connectivity index (χ2v) is 10.9. The molecule has 2 aromatic rings. The number of fused-ring (bicyclic) bond motifs is 1. The van der Waals surface area contributed by atoms with Gasteiger partial charge < -0.3 is 48.6 Å². The van der Waals surface area contributed by atoms with Crippen LogP contribution >= 0.6 is 0 Å². The fourth-order valence-electron chi connectivity index (χ4n) is 4.86. The molecular weight excluding hydrogens is 584 g/mol. The Morgan fingerprint density at radius 3 is 1.87 bits per heavy atom. The van der Waals surface area contributed by atoms with E-state index in [1.165, 1.54) is 6.92 Å². The zero-order valence-corrected chi connectivity index (χ0v) is 25.6. The highest BCUT2D eigenvalue weighted by atomic mass is 16.4. The van der Waals surface area contributed by atoms with E-state index in [0.29, 0.717) is 44.3 Å². The van der Waals surface area contributed by atoms with Crippen LogP contribution in [0.4, 0.5) is 0 Å². The highest BCUT2D eigenvalue weighted by molar-refractivity contribution is 5.95. The first kappa shape index (κ1) is 36.7. The third-order valence-electron chi connectivity index (χ3n) is 7.25. The molecule has 0 unspecified atom stereocenters. The number of hydrogen-bond donors (Lipinski definition) is 9. The number of nitrogens with one attached hydrogen (secondary N) is 5. The Hall–Kier alpha value is -4.50. The van der Waals surface area contributed by atoms with Crippen LogP contribution in [0.1, 0.15) is 63.9 Å². The van der Waals surface area contributed by atoms with Gasteiger partial charge >= 0.3 is 5.97 Å². The summed E-state index contributed by atoms with van der Waals surface area (Å²) in [6, 6.07) is 2.61. The van der Waals surface area contributed by atoms with Gasteiger partial charge in [0, 0.05) is 36.9 Å². The number of benzene rings is 1. The Morgan fingerprint density at radius 2 is 1.29 bits per heavy atom. The smallest absolute Gasteiger partial charge is 0.326 e. The van der Waals surface area contributed by atoms with Crippen molar-refractivity contribution in [2.24, 2.45) is 17.2 Å². The van der Waals surface area contributed by atoms with Gasteiger partial charge in [-0.25, -0.2) is 4.79 Å². The molecule has 0 saturated carbocycles. The van der Waals surface area contributed by atoms with E-state index >= 15 is 0 Å². The van der Waals surface area contributed by atoms with Gasteiger partial charge in [0.2, 0.25) is 29.5 Å². The molecule has 0 spiro atoms. The molecule has 248 valence electrons. The molecule has 0 aliphatic carbocycles. The van der Waals surface area contributed by atoms with Crippen molar-refractivity contribution in [3.63, 3.8) is 0 Å². The minimum atomic E-state index is -1.30. The molecule has 0 saturated heterocycles. The molecule has 5 amide bonds. The van der Waals surface area contributed by atoms with Gasteiger partial charge in [-0.1, -0.05) is 18.2 Å². The Balaban J connectivity index is 2.34. The Morgan fingerprint density at radius 1 is 0.756 bits per heavy atom. The van der Waals surface area contributed by atoms with E-state index < -0.39 is 59.7 Å². The first-order valence-electron chi connectivity index (χ1n) is 15.1. The summed E-state index contributed by atoms with van der Waals surface area (Å²) >= 11 is 0. The van der Waals surface area contributed by atoms with E-state index in [1.54, 1.807) is 6.20 Å². The lowest BCUT2D eigenvalue weighted by molar-refractivity contribution is -0.142. The van der Waals surface area contributed by atoms with E-state index in [4.69, 9.17) is 17.2 Å².